The number of aromatic carboxylic acids is 1. The number of carbonyl (C=O) groups is 1. The van der Waals surface area contributed by atoms with Crippen molar-refractivity contribution < 1.29 is 14.6 Å². The van der Waals surface area contributed by atoms with Crippen LogP contribution in [0.25, 0.3) is 11.1 Å². The number of hydrogen-bond donors (Lipinski definition) is 1. The third kappa shape index (κ3) is 2.78. The Bertz CT molecular complexity index is 654. The fourth-order valence-electron chi connectivity index (χ4n) is 2.32. The summed E-state index contributed by atoms with van der Waals surface area (Å²) in [6, 6.07) is 8.74. The summed E-state index contributed by atoms with van der Waals surface area (Å²) in [5.41, 5.74) is 3.88. The number of hydrogen-bond acceptors (Lipinski definition) is 2. The van der Waals surface area contributed by atoms with Gasteiger partial charge in [0.2, 0.25) is 0 Å². The van der Waals surface area contributed by atoms with E-state index in [1.54, 1.807) is 19.2 Å². The summed E-state index contributed by atoms with van der Waals surface area (Å²) >= 11 is 5.99. The van der Waals surface area contributed by atoms with E-state index in [1.165, 1.54) is 6.07 Å². The topological polar surface area (TPSA) is 46.5 Å². The van der Waals surface area contributed by atoms with E-state index in [0.29, 0.717) is 5.02 Å². The van der Waals surface area contributed by atoms with Gasteiger partial charge in [-0.15, -0.1) is 0 Å². The van der Waals surface area contributed by atoms with Crippen molar-refractivity contribution in [2.75, 3.05) is 7.11 Å². The highest BCUT2D eigenvalue weighted by Gasteiger charge is 2.10. The average Bonchev–Trinajstić information content (AvgIpc) is 2.37. The van der Waals surface area contributed by atoms with Crippen LogP contribution in [-0.2, 0) is 0 Å². The molecule has 20 heavy (non-hydrogen) atoms. The highest BCUT2D eigenvalue weighted by atomic mass is 35.5. The Morgan fingerprint density at radius 2 is 1.60 bits per heavy atom. The van der Waals surface area contributed by atoms with Gasteiger partial charge in [0.05, 0.1) is 12.7 Å². The molecular weight excluding hydrogens is 276 g/mol. The van der Waals surface area contributed by atoms with Crippen molar-refractivity contribution in [3.63, 3.8) is 0 Å². The number of benzene rings is 2. The Kier molecular flexibility index (Phi) is 4.00. The van der Waals surface area contributed by atoms with Gasteiger partial charge in [-0.1, -0.05) is 11.6 Å². The second-order valence-electron chi connectivity index (χ2n) is 4.68. The van der Waals surface area contributed by atoms with Crippen molar-refractivity contribution in [3.05, 3.63) is 52.0 Å². The Balaban J connectivity index is 2.60. The fraction of sp³-hybridized carbons (Fsp3) is 0.188. The minimum Gasteiger partial charge on any atom is -0.496 e. The zero-order chi connectivity index (χ0) is 14.9. The third-order valence-electron chi connectivity index (χ3n) is 3.14. The minimum absolute atomic E-state index is 0.179. The summed E-state index contributed by atoms with van der Waals surface area (Å²) in [4.78, 5) is 11.1. The molecule has 0 aliphatic heterocycles. The molecule has 104 valence electrons. The lowest BCUT2D eigenvalue weighted by atomic mass is 9.98. The molecule has 0 heterocycles. The molecule has 0 saturated carbocycles. The van der Waals surface area contributed by atoms with Crippen LogP contribution in [0, 0.1) is 13.8 Å². The number of methoxy groups -OCH3 is 1. The molecule has 0 aliphatic rings. The SMILES string of the molecule is COc1c(C)cc(-c2cc(Cl)cc(C(=O)O)c2)cc1C. The third-order valence-corrected chi connectivity index (χ3v) is 3.36. The van der Waals surface area contributed by atoms with Crippen LogP contribution in [-0.4, -0.2) is 18.2 Å². The lowest BCUT2D eigenvalue weighted by Gasteiger charge is -2.12. The molecule has 0 aliphatic carbocycles. The lowest BCUT2D eigenvalue weighted by molar-refractivity contribution is 0.0697. The minimum atomic E-state index is -0.990. The van der Waals surface area contributed by atoms with E-state index >= 15 is 0 Å². The Labute approximate surface area is 122 Å². The summed E-state index contributed by atoms with van der Waals surface area (Å²) in [7, 11) is 1.64. The fourth-order valence-corrected chi connectivity index (χ4v) is 2.55. The number of rotatable bonds is 3. The molecule has 1 N–H and O–H groups in total. The highest BCUT2D eigenvalue weighted by Crippen LogP contribution is 2.31. The monoisotopic (exact) mass is 290 g/mol. The smallest absolute Gasteiger partial charge is 0.335 e. The van der Waals surface area contributed by atoms with Crippen LogP contribution >= 0.6 is 11.6 Å². The number of ether oxygens (including phenoxy) is 1. The quantitative estimate of drug-likeness (QED) is 0.915. The Morgan fingerprint density at radius 3 is 2.10 bits per heavy atom. The molecule has 0 saturated heterocycles. The van der Waals surface area contributed by atoms with Crippen molar-refractivity contribution >= 4 is 17.6 Å². The molecule has 0 bridgehead atoms. The maximum Gasteiger partial charge on any atom is 0.335 e. The average molecular weight is 291 g/mol. The van der Waals surface area contributed by atoms with Crippen LogP contribution in [0.4, 0.5) is 0 Å². The molecule has 0 amide bonds. The number of carboxylic acids is 1. The molecule has 0 unspecified atom stereocenters. The predicted molar refractivity (Wildman–Crippen MR) is 79.9 cm³/mol. The molecule has 0 spiro atoms. The highest BCUT2D eigenvalue weighted by molar-refractivity contribution is 6.31. The molecule has 0 radical (unpaired) electrons. The molecule has 2 aromatic rings. The van der Waals surface area contributed by atoms with Gasteiger partial charge >= 0.3 is 5.97 Å². The van der Waals surface area contributed by atoms with Crippen LogP contribution in [0.3, 0.4) is 0 Å². The molecule has 0 fully saturated rings. The van der Waals surface area contributed by atoms with Gasteiger partial charge in [-0.3, -0.25) is 0 Å². The van der Waals surface area contributed by atoms with Crippen molar-refractivity contribution in [2.45, 2.75) is 13.8 Å². The molecular formula is C16H15ClO3. The van der Waals surface area contributed by atoms with Gasteiger partial charge in [-0.25, -0.2) is 4.79 Å². The van der Waals surface area contributed by atoms with Crippen molar-refractivity contribution in [3.8, 4) is 16.9 Å². The van der Waals surface area contributed by atoms with Gasteiger partial charge in [-0.2, -0.15) is 0 Å². The number of carboxylic acid groups (broad SMARTS) is 1. The van der Waals surface area contributed by atoms with Gasteiger partial charge in [0.1, 0.15) is 5.75 Å². The summed E-state index contributed by atoms with van der Waals surface area (Å²) in [6.07, 6.45) is 0. The van der Waals surface area contributed by atoms with E-state index in [4.69, 9.17) is 21.4 Å². The van der Waals surface area contributed by atoms with E-state index < -0.39 is 5.97 Å². The first-order chi connectivity index (χ1) is 9.42. The summed E-state index contributed by atoms with van der Waals surface area (Å²) in [6.45, 7) is 3.91. The first-order valence-electron chi connectivity index (χ1n) is 6.12. The van der Waals surface area contributed by atoms with E-state index in [9.17, 15) is 4.79 Å². The molecule has 0 atom stereocenters. The number of halogens is 1. The van der Waals surface area contributed by atoms with E-state index in [1.807, 2.05) is 26.0 Å². The second-order valence-corrected chi connectivity index (χ2v) is 5.11. The molecule has 2 rings (SSSR count). The van der Waals surface area contributed by atoms with Gasteiger partial charge in [0, 0.05) is 5.02 Å². The molecule has 2 aromatic carbocycles. The summed E-state index contributed by atoms with van der Waals surface area (Å²) in [5.74, 6) is -0.148. The van der Waals surface area contributed by atoms with Gasteiger partial charge < -0.3 is 9.84 Å². The normalized spacial score (nSPS) is 10.4. The molecule has 4 heteroatoms. The molecule has 0 aromatic heterocycles. The number of aryl methyl sites for hydroxylation is 2. The Morgan fingerprint density at radius 1 is 1.05 bits per heavy atom. The van der Waals surface area contributed by atoms with Crippen LogP contribution in [0.1, 0.15) is 21.5 Å². The van der Waals surface area contributed by atoms with Crippen LogP contribution < -0.4 is 4.74 Å². The second kappa shape index (κ2) is 5.55. The van der Waals surface area contributed by atoms with E-state index in [-0.39, 0.29) is 5.56 Å². The van der Waals surface area contributed by atoms with Crippen LogP contribution in [0.5, 0.6) is 5.75 Å². The van der Waals surface area contributed by atoms with E-state index in [0.717, 1.165) is 28.0 Å². The van der Waals surface area contributed by atoms with Gasteiger partial charge in [0.25, 0.3) is 0 Å². The standard InChI is InChI=1S/C16H15ClO3/c1-9-4-11(5-10(2)15(9)20-3)12-6-13(16(18)19)8-14(17)7-12/h4-8H,1-3H3,(H,18,19). The first kappa shape index (κ1) is 14.4. The Hall–Kier alpha value is -2.00. The van der Waals surface area contributed by atoms with Gasteiger partial charge in [0.15, 0.2) is 0 Å². The van der Waals surface area contributed by atoms with Gasteiger partial charge in [-0.05, 0) is 66.4 Å². The summed E-state index contributed by atoms with van der Waals surface area (Å²) in [5, 5.41) is 9.50. The predicted octanol–water partition coefficient (Wildman–Crippen LogP) is 4.33. The maximum atomic E-state index is 11.1. The zero-order valence-corrected chi connectivity index (χ0v) is 12.3. The maximum absolute atomic E-state index is 11.1. The molecule has 3 nitrogen and oxygen atoms in total. The van der Waals surface area contributed by atoms with Crippen LogP contribution in [0.15, 0.2) is 30.3 Å². The van der Waals surface area contributed by atoms with Crippen molar-refractivity contribution in [2.24, 2.45) is 0 Å². The van der Waals surface area contributed by atoms with Crippen molar-refractivity contribution in [1.29, 1.82) is 0 Å². The van der Waals surface area contributed by atoms with Crippen LogP contribution in [0.2, 0.25) is 5.02 Å². The van der Waals surface area contributed by atoms with Crippen molar-refractivity contribution in [1.82, 2.24) is 0 Å². The summed E-state index contributed by atoms with van der Waals surface area (Å²) < 4.78 is 5.33. The van der Waals surface area contributed by atoms with E-state index in [2.05, 4.69) is 0 Å². The zero-order valence-electron chi connectivity index (χ0n) is 11.5. The first-order valence-corrected chi connectivity index (χ1v) is 6.49. The lowest BCUT2D eigenvalue weighted by Crippen LogP contribution is -1.97. The largest absolute Gasteiger partial charge is 0.496 e.